The predicted octanol–water partition coefficient (Wildman–Crippen LogP) is 4.18. The molecule has 0 aliphatic heterocycles. The maximum absolute atomic E-state index is 13.6. The third-order valence-electron chi connectivity index (χ3n) is 5.81. The van der Waals surface area contributed by atoms with Gasteiger partial charge >= 0.3 is 0 Å². The number of carbonyl (C=O) groups excluding carboxylic acids is 2. The first-order valence-electron chi connectivity index (χ1n) is 11.9. The zero-order chi connectivity index (χ0) is 26.0. The first kappa shape index (κ1) is 28.7. The molecule has 0 saturated heterocycles. The summed E-state index contributed by atoms with van der Waals surface area (Å²) in [7, 11) is -3.78. The molecule has 2 rings (SSSR count). The summed E-state index contributed by atoms with van der Waals surface area (Å²) in [5.41, 5.74) is 2.05. The van der Waals surface area contributed by atoms with Crippen molar-refractivity contribution in [3.63, 3.8) is 0 Å². The number of amides is 2. The van der Waals surface area contributed by atoms with Crippen LogP contribution in [0, 0.1) is 6.92 Å². The first-order valence-corrected chi connectivity index (χ1v) is 14.2. The van der Waals surface area contributed by atoms with Crippen molar-refractivity contribution in [1.82, 2.24) is 10.2 Å². The molecular formula is C26H36ClN3O4S. The van der Waals surface area contributed by atoms with Gasteiger partial charge in [0.2, 0.25) is 21.8 Å². The van der Waals surface area contributed by atoms with Crippen LogP contribution in [0.25, 0.3) is 0 Å². The molecule has 0 saturated carbocycles. The Morgan fingerprint density at radius 3 is 2.34 bits per heavy atom. The molecule has 1 unspecified atom stereocenters. The van der Waals surface area contributed by atoms with E-state index in [9.17, 15) is 18.0 Å². The van der Waals surface area contributed by atoms with Crippen molar-refractivity contribution in [2.75, 3.05) is 30.2 Å². The van der Waals surface area contributed by atoms with Crippen molar-refractivity contribution in [3.8, 4) is 0 Å². The molecule has 0 radical (unpaired) electrons. The number of anilines is 1. The molecule has 0 bridgehead atoms. The Balaban J connectivity index is 2.35. The Morgan fingerprint density at radius 2 is 1.77 bits per heavy atom. The molecule has 1 N–H and O–H groups in total. The molecule has 7 nitrogen and oxygen atoms in total. The lowest BCUT2D eigenvalue weighted by atomic mass is 10.1. The molecule has 0 aliphatic rings. The minimum absolute atomic E-state index is 0.226. The largest absolute Gasteiger partial charge is 0.354 e. The highest BCUT2D eigenvalue weighted by molar-refractivity contribution is 7.92. The minimum Gasteiger partial charge on any atom is -0.354 e. The summed E-state index contributed by atoms with van der Waals surface area (Å²) in [5.74, 6) is -0.658. The van der Waals surface area contributed by atoms with Crippen molar-refractivity contribution in [3.05, 3.63) is 64.7 Å². The van der Waals surface area contributed by atoms with Gasteiger partial charge in [0.1, 0.15) is 12.6 Å². The summed E-state index contributed by atoms with van der Waals surface area (Å²) in [6, 6.07) is 13.8. The summed E-state index contributed by atoms with van der Waals surface area (Å²) in [5, 5.41) is 3.40. The zero-order valence-corrected chi connectivity index (χ0v) is 22.5. The SMILES string of the molecule is CCCCNC(=O)C(CC)N(CCc1ccccc1)C(=O)CN(c1ccc(Cl)cc1C)S(C)(=O)=O. The van der Waals surface area contributed by atoms with Crippen LogP contribution >= 0.6 is 11.6 Å². The van der Waals surface area contributed by atoms with Crippen molar-refractivity contribution >= 4 is 39.1 Å². The number of rotatable bonds is 13. The van der Waals surface area contributed by atoms with Crippen LogP contribution in [0.4, 0.5) is 5.69 Å². The average Bonchev–Trinajstić information content (AvgIpc) is 2.80. The quantitative estimate of drug-likeness (QED) is 0.400. The topological polar surface area (TPSA) is 86.8 Å². The van der Waals surface area contributed by atoms with E-state index in [1.54, 1.807) is 25.1 Å². The van der Waals surface area contributed by atoms with Gasteiger partial charge in [-0.3, -0.25) is 13.9 Å². The van der Waals surface area contributed by atoms with Crippen LogP contribution in [0.5, 0.6) is 0 Å². The van der Waals surface area contributed by atoms with Crippen LogP contribution in [0.1, 0.15) is 44.2 Å². The molecule has 0 aliphatic carbocycles. The molecule has 0 aromatic heterocycles. The summed E-state index contributed by atoms with van der Waals surface area (Å²) >= 11 is 6.05. The summed E-state index contributed by atoms with van der Waals surface area (Å²) < 4.78 is 26.5. The second-order valence-corrected chi connectivity index (χ2v) is 10.9. The molecule has 35 heavy (non-hydrogen) atoms. The second-order valence-electron chi connectivity index (χ2n) is 8.59. The van der Waals surface area contributed by atoms with E-state index < -0.39 is 28.5 Å². The Hall–Kier alpha value is -2.58. The fourth-order valence-electron chi connectivity index (χ4n) is 3.90. The third kappa shape index (κ3) is 8.54. The number of halogens is 1. The van der Waals surface area contributed by atoms with Gasteiger partial charge in [-0.05, 0) is 55.5 Å². The van der Waals surface area contributed by atoms with Gasteiger partial charge in [0.25, 0.3) is 0 Å². The maximum atomic E-state index is 13.6. The van der Waals surface area contributed by atoms with Gasteiger partial charge in [0.05, 0.1) is 11.9 Å². The molecular weight excluding hydrogens is 486 g/mol. The van der Waals surface area contributed by atoms with E-state index in [1.807, 2.05) is 44.2 Å². The third-order valence-corrected chi connectivity index (χ3v) is 7.17. The number of nitrogens with one attached hydrogen (secondary N) is 1. The molecule has 2 amide bonds. The Kier molecular flexibility index (Phi) is 11.0. The molecule has 2 aromatic carbocycles. The number of aryl methyl sites for hydroxylation is 1. The van der Waals surface area contributed by atoms with Crippen LogP contribution in [-0.2, 0) is 26.0 Å². The van der Waals surface area contributed by atoms with E-state index in [0.717, 1.165) is 29.0 Å². The van der Waals surface area contributed by atoms with Gasteiger partial charge in [-0.25, -0.2) is 8.42 Å². The molecule has 9 heteroatoms. The van der Waals surface area contributed by atoms with E-state index in [-0.39, 0.29) is 5.91 Å². The van der Waals surface area contributed by atoms with Gasteiger partial charge in [-0.1, -0.05) is 62.2 Å². The number of nitrogens with zero attached hydrogens (tertiary/aromatic N) is 2. The fraction of sp³-hybridized carbons (Fsp3) is 0.462. The van der Waals surface area contributed by atoms with Crippen LogP contribution in [0.3, 0.4) is 0 Å². The van der Waals surface area contributed by atoms with Crippen LogP contribution in [-0.4, -0.2) is 57.1 Å². The monoisotopic (exact) mass is 521 g/mol. The first-order chi connectivity index (χ1) is 16.6. The van der Waals surface area contributed by atoms with Gasteiger partial charge in [0.15, 0.2) is 0 Å². The van der Waals surface area contributed by atoms with Gasteiger partial charge in [-0.2, -0.15) is 0 Å². The molecule has 1 atom stereocenters. The molecule has 0 spiro atoms. The summed E-state index contributed by atoms with van der Waals surface area (Å²) in [6.07, 6.45) is 3.81. The average molecular weight is 522 g/mol. The van der Waals surface area contributed by atoms with E-state index in [0.29, 0.717) is 42.2 Å². The van der Waals surface area contributed by atoms with Crippen molar-refractivity contribution in [2.24, 2.45) is 0 Å². The number of unbranched alkanes of at least 4 members (excludes halogenated alkanes) is 1. The van der Waals surface area contributed by atoms with E-state index >= 15 is 0 Å². The van der Waals surface area contributed by atoms with E-state index in [4.69, 9.17) is 11.6 Å². The van der Waals surface area contributed by atoms with Gasteiger partial charge in [0, 0.05) is 18.1 Å². The molecule has 0 heterocycles. The predicted molar refractivity (Wildman–Crippen MR) is 142 cm³/mol. The highest BCUT2D eigenvalue weighted by Crippen LogP contribution is 2.26. The molecule has 0 fully saturated rings. The van der Waals surface area contributed by atoms with E-state index in [2.05, 4.69) is 5.32 Å². The van der Waals surface area contributed by atoms with Crippen molar-refractivity contribution < 1.29 is 18.0 Å². The van der Waals surface area contributed by atoms with E-state index in [1.165, 1.54) is 4.90 Å². The summed E-state index contributed by atoms with van der Waals surface area (Å²) in [4.78, 5) is 28.1. The number of hydrogen-bond acceptors (Lipinski definition) is 4. The van der Waals surface area contributed by atoms with Crippen LogP contribution in [0.15, 0.2) is 48.5 Å². The zero-order valence-electron chi connectivity index (χ0n) is 21.0. The maximum Gasteiger partial charge on any atom is 0.244 e. The van der Waals surface area contributed by atoms with Crippen LogP contribution < -0.4 is 9.62 Å². The highest BCUT2D eigenvalue weighted by Gasteiger charge is 2.31. The smallest absolute Gasteiger partial charge is 0.244 e. The van der Waals surface area contributed by atoms with Gasteiger partial charge in [-0.15, -0.1) is 0 Å². The normalized spacial score (nSPS) is 12.1. The lowest BCUT2D eigenvalue weighted by Crippen LogP contribution is -2.53. The van der Waals surface area contributed by atoms with Crippen molar-refractivity contribution in [2.45, 2.75) is 52.5 Å². The van der Waals surface area contributed by atoms with Gasteiger partial charge < -0.3 is 10.2 Å². The molecule has 2 aromatic rings. The minimum atomic E-state index is -3.78. The lowest BCUT2D eigenvalue weighted by molar-refractivity contribution is -0.139. The standard InChI is InChI=1S/C26H36ClN3O4S/c1-5-7-16-28-26(32)23(6-2)29(17-15-21-11-9-8-10-12-21)25(31)19-30(35(4,33)34)24-14-13-22(27)18-20(24)3/h8-14,18,23H,5-7,15-17,19H2,1-4H3,(H,28,32). The fourth-order valence-corrected chi connectivity index (χ4v) is 5.03. The lowest BCUT2D eigenvalue weighted by Gasteiger charge is -2.33. The van der Waals surface area contributed by atoms with Crippen LogP contribution in [0.2, 0.25) is 5.02 Å². The number of carbonyl (C=O) groups is 2. The Labute approximate surface area is 214 Å². The number of sulfonamides is 1. The Morgan fingerprint density at radius 1 is 1.09 bits per heavy atom. The highest BCUT2D eigenvalue weighted by atomic mass is 35.5. The number of benzene rings is 2. The second kappa shape index (κ2) is 13.5. The molecule has 192 valence electrons. The summed E-state index contributed by atoms with van der Waals surface area (Å²) in [6.45, 7) is 6.05. The Bertz CT molecular complexity index is 1090. The number of hydrogen-bond donors (Lipinski definition) is 1. The van der Waals surface area contributed by atoms with Crippen molar-refractivity contribution in [1.29, 1.82) is 0 Å².